The SMILES string of the molecule is CCCCNc1nc(NCCCC)c2[nH]cnc2n1.Cl. The molecule has 0 bridgehead atoms. The predicted octanol–water partition coefficient (Wildman–Crippen LogP) is 3.20. The van der Waals surface area contributed by atoms with Gasteiger partial charge in [-0.3, -0.25) is 0 Å². The van der Waals surface area contributed by atoms with Crippen molar-refractivity contribution in [1.29, 1.82) is 0 Å². The highest BCUT2D eigenvalue weighted by Crippen LogP contribution is 2.18. The lowest BCUT2D eigenvalue weighted by atomic mass is 10.3. The molecule has 0 aliphatic carbocycles. The van der Waals surface area contributed by atoms with Crippen molar-refractivity contribution in [2.24, 2.45) is 0 Å². The molecule has 7 heteroatoms. The zero-order valence-corrected chi connectivity index (χ0v) is 12.9. The molecule has 0 radical (unpaired) electrons. The van der Waals surface area contributed by atoms with Crippen LogP contribution in [0, 0.1) is 0 Å². The number of rotatable bonds is 8. The molecule has 0 fully saturated rings. The Morgan fingerprint density at radius 2 is 1.75 bits per heavy atom. The molecule has 2 aromatic heterocycles. The van der Waals surface area contributed by atoms with E-state index in [0.717, 1.165) is 50.1 Å². The van der Waals surface area contributed by atoms with E-state index in [4.69, 9.17) is 0 Å². The summed E-state index contributed by atoms with van der Waals surface area (Å²) >= 11 is 0. The summed E-state index contributed by atoms with van der Waals surface area (Å²) in [6, 6.07) is 0. The zero-order valence-electron chi connectivity index (χ0n) is 12.1. The van der Waals surface area contributed by atoms with Crippen LogP contribution in [0.3, 0.4) is 0 Å². The number of halogens is 1. The summed E-state index contributed by atoms with van der Waals surface area (Å²) in [5, 5.41) is 6.59. The number of imidazole rings is 1. The second kappa shape index (κ2) is 8.58. The fraction of sp³-hybridized carbons (Fsp3) is 0.615. The summed E-state index contributed by atoms with van der Waals surface area (Å²) in [5.74, 6) is 1.47. The van der Waals surface area contributed by atoms with Crippen molar-refractivity contribution in [2.45, 2.75) is 39.5 Å². The molecule has 0 amide bonds. The first-order valence-electron chi connectivity index (χ1n) is 7.04. The van der Waals surface area contributed by atoms with Crippen molar-refractivity contribution in [3.8, 4) is 0 Å². The van der Waals surface area contributed by atoms with Gasteiger partial charge >= 0.3 is 0 Å². The summed E-state index contributed by atoms with van der Waals surface area (Å²) in [7, 11) is 0. The molecule has 2 aromatic rings. The highest BCUT2D eigenvalue weighted by atomic mass is 35.5. The minimum Gasteiger partial charge on any atom is -0.368 e. The molecule has 112 valence electrons. The Hall–Kier alpha value is -1.56. The van der Waals surface area contributed by atoms with Crippen molar-refractivity contribution >= 4 is 35.3 Å². The number of fused-ring (bicyclic) bond motifs is 1. The summed E-state index contributed by atoms with van der Waals surface area (Å²) in [6.45, 7) is 6.14. The zero-order chi connectivity index (χ0) is 13.5. The molecule has 3 N–H and O–H groups in total. The normalized spacial score (nSPS) is 10.3. The fourth-order valence-electron chi connectivity index (χ4n) is 1.80. The first-order chi connectivity index (χ1) is 9.35. The van der Waals surface area contributed by atoms with Gasteiger partial charge in [-0.2, -0.15) is 9.97 Å². The van der Waals surface area contributed by atoms with Crippen LogP contribution in [0.5, 0.6) is 0 Å². The third-order valence-electron chi connectivity index (χ3n) is 2.92. The van der Waals surface area contributed by atoms with Gasteiger partial charge in [-0.15, -0.1) is 12.4 Å². The number of hydrogen-bond acceptors (Lipinski definition) is 5. The van der Waals surface area contributed by atoms with Crippen LogP contribution < -0.4 is 10.6 Å². The maximum atomic E-state index is 4.51. The average Bonchev–Trinajstić information content (AvgIpc) is 2.88. The Kier molecular flexibility index (Phi) is 7.08. The van der Waals surface area contributed by atoms with Gasteiger partial charge in [0.25, 0.3) is 0 Å². The van der Waals surface area contributed by atoms with Gasteiger partial charge in [0.05, 0.1) is 6.33 Å². The molecule has 0 aromatic carbocycles. The first kappa shape index (κ1) is 16.5. The van der Waals surface area contributed by atoms with E-state index in [9.17, 15) is 0 Å². The lowest BCUT2D eigenvalue weighted by molar-refractivity contribution is 0.823. The lowest BCUT2D eigenvalue weighted by Crippen LogP contribution is -2.09. The van der Waals surface area contributed by atoms with Gasteiger partial charge in [-0.1, -0.05) is 26.7 Å². The van der Waals surface area contributed by atoms with Crippen molar-refractivity contribution < 1.29 is 0 Å². The van der Waals surface area contributed by atoms with Crippen molar-refractivity contribution in [3.63, 3.8) is 0 Å². The minimum absolute atomic E-state index is 0. The molecule has 0 saturated carbocycles. The van der Waals surface area contributed by atoms with Crippen LogP contribution in [-0.2, 0) is 0 Å². The van der Waals surface area contributed by atoms with E-state index in [1.54, 1.807) is 6.33 Å². The van der Waals surface area contributed by atoms with E-state index in [1.807, 2.05) is 0 Å². The van der Waals surface area contributed by atoms with Gasteiger partial charge in [-0.25, -0.2) is 4.98 Å². The van der Waals surface area contributed by atoms with E-state index in [-0.39, 0.29) is 12.4 Å². The summed E-state index contributed by atoms with van der Waals surface area (Å²) in [6.07, 6.45) is 6.20. The first-order valence-corrected chi connectivity index (χ1v) is 7.04. The lowest BCUT2D eigenvalue weighted by Gasteiger charge is -2.08. The van der Waals surface area contributed by atoms with E-state index in [0.29, 0.717) is 11.6 Å². The smallest absolute Gasteiger partial charge is 0.226 e. The van der Waals surface area contributed by atoms with Crippen molar-refractivity contribution in [1.82, 2.24) is 19.9 Å². The number of hydrogen-bond donors (Lipinski definition) is 3. The maximum Gasteiger partial charge on any atom is 0.226 e. The molecule has 0 saturated heterocycles. The van der Waals surface area contributed by atoms with E-state index in [1.165, 1.54) is 0 Å². The summed E-state index contributed by atoms with van der Waals surface area (Å²) in [5.41, 5.74) is 1.57. The Morgan fingerprint density at radius 3 is 2.45 bits per heavy atom. The average molecular weight is 299 g/mol. The van der Waals surface area contributed by atoms with Gasteiger partial charge in [0.1, 0.15) is 5.52 Å². The number of anilines is 2. The molecule has 0 atom stereocenters. The second-order valence-electron chi connectivity index (χ2n) is 4.56. The van der Waals surface area contributed by atoms with Gasteiger partial charge < -0.3 is 15.6 Å². The summed E-state index contributed by atoms with van der Waals surface area (Å²) < 4.78 is 0. The van der Waals surface area contributed by atoms with Crippen LogP contribution >= 0.6 is 12.4 Å². The molecular formula is C13H23ClN6. The highest BCUT2D eigenvalue weighted by molar-refractivity contribution is 5.85. The quantitative estimate of drug-likeness (QED) is 0.652. The van der Waals surface area contributed by atoms with Crippen LogP contribution in [0.2, 0.25) is 0 Å². The molecular weight excluding hydrogens is 276 g/mol. The molecule has 6 nitrogen and oxygen atoms in total. The molecule has 0 unspecified atom stereocenters. The van der Waals surface area contributed by atoms with Crippen LogP contribution in [0.4, 0.5) is 11.8 Å². The van der Waals surface area contributed by atoms with Gasteiger partial charge in [0.15, 0.2) is 11.5 Å². The number of nitrogens with zero attached hydrogens (tertiary/aromatic N) is 3. The van der Waals surface area contributed by atoms with Crippen molar-refractivity contribution in [2.75, 3.05) is 23.7 Å². The summed E-state index contributed by atoms with van der Waals surface area (Å²) in [4.78, 5) is 16.2. The van der Waals surface area contributed by atoms with Crippen LogP contribution in [0.1, 0.15) is 39.5 Å². The molecule has 2 heterocycles. The predicted molar refractivity (Wildman–Crippen MR) is 85.7 cm³/mol. The Labute approximate surface area is 125 Å². The Balaban J connectivity index is 0.00000200. The van der Waals surface area contributed by atoms with E-state index >= 15 is 0 Å². The number of H-pyrrole nitrogens is 1. The van der Waals surface area contributed by atoms with Gasteiger partial charge in [0, 0.05) is 13.1 Å². The number of aromatic amines is 1. The fourth-order valence-corrected chi connectivity index (χ4v) is 1.80. The standard InChI is InChI=1S/C13H22N6.ClH/c1-3-5-7-14-11-10-12(17-9-16-10)19-13(18-11)15-8-6-4-2;/h9H,3-8H2,1-2H3,(H3,14,15,16,17,18,19);1H. The highest BCUT2D eigenvalue weighted by Gasteiger charge is 2.08. The number of nitrogens with one attached hydrogen (secondary N) is 3. The molecule has 0 aliphatic heterocycles. The number of aromatic nitrogens is 4. The largest absolute Gasteiger partial charge is 0.368 e. The van der Waals surface area contributed by atoms with Gasteiger partial charge in [-0.05, 0) is 12.8 Å². The minimum atomic E-state index is 0. The van der Waals surface area contributed by atoms with Crippen LogP contribution in [0.15, 0.2) is 6.33 Å². The van der Waals surface area contributed by atoms with Gasteiger partial charge in [0.2, 0.25) is 5.95 Å². The topological polar surface area (TPSA) is 78.5 Å². The third-order valence-corrected chi connectivity index (χ3v) is 2.92. The monoisotopic (exact) mass is 298 g/mol. The third kappa shape index (κ3) is 4.23. The molecule has 2 rings (SSSR count). The van der Waals surface area contributed by atoms with E-state index in [2.05, 4.69) is 44.4 Å². The maximum absolute atomic E-state index is 4.51. The number of unbranched alkanes of at least 4 members (excludes halogenated alkanes) is 2. The second-order valence-corrected chi connectivity index (χ2v) is 4.56. The Morgan fingerprint density at radius 1 is 1.05 bits per heavy atom. The van der Waals surface area contributed by atoms with Crippen molar-refractivity contribution in [3.05, 3.63) is 6.33 Å². The molecule has 0 spiro atoms. The van der Waals surface area contributed by atoms with Crippen LogP contribution in [-0.4, -0.2) is 33.0 Å². The van der Waals surface area contributed by atoms with E-state index < -0.39 is 0 Å². The Bertz CT molecular complexity index is 513. The molecule has 0 aliphatic rings. The molecule has 20 heavy (non-hydrogen) atoms. The van der Waals surface area contributed by atoms with Crippen LogP contribution in [0.25, 0.3) is 11.2 Å².